The number of fused-ring (bicyclic) bond motifs is 4. The van der Waals surface area contributed by atoms with Gasteiger partial charge in [0.15, 0.2) is 0 Å². The van der Waals surface area contributed by atoms with Gasteiger partial charge < -0.3 is 20.1 Å². The van der Waals surface area contributed by atoms with Gasteiger partial charge in [0.1, 0.15) is 18.2 Å². The van der Waals surface area contributed by atoms with Gasteiger partial charge in [-0.3, -0.25) is 29.3 Å². The molecule has 7 rings (SSSR count). The first-order chi connectivity index (χ1) is 22.4. The van der Waals surface area contributed by atoms with Crippen molar-refractivity contribution >= 4 is 51.5 Å². The molecule has 236 valence electrons. The quantitative estimate of drug-likeness (QED) is 0.258. The summed E-state index contributed by atoms with van der Waals surface area (Å²) in [6.07, 6.45) is 6.15. The van der Waals surface area contributed by atoms with E-state index in [0.29, 0.717) is 48.0 Å². The Hall–Kier alpha value is -5.06. The second kappa shape index (κ2) is 12.4. The minimum absolute atomic E-state index is 0.0287. The number of aromatic nitrogens is 2. The number of carbonyl (C=O) groups excluding carboxylic acids is 5. The normalized spacial score (nSPS) is 21.3. The summed E-state index contributed by atoms with van der Waals surface area (Å²) in [5.41, 5.74) is 3.48. The van der Waals surface area contributed by atoms with Gasteiger partial charge in [-0.05, 0) is 85.9 Å². The fourth-order valence-electron chi connectivity index (χ4n) is 7.19. The van der Waals surface area contributed by atoms with Crippen molar-refractivity contribution in [3.63, 3.8) is 0 Å². The fourth-order valence-corrected chi connectivity index (χ4v) is 7.19. The standard InChI is InChI=1S/C35H36N6O5/c42-30-14-13-29(34(45)39-30)41-19-24-16-23(11-12-25(24)35(41)46)33(44)38-18-22-9-7-21(8-10-22)17-37-31(43)20-40-28-6-2-1-4-26(28)27-5-3-15-36-32(27)40/h1-6,11-12,15-16,21-22,29H,7-10,13-14,17-20H2,(H,37,43)(H,38,44)(H,39,42,45). The maximum absolute atomic E-state index is 13.0. The SMILES string of the molecule is O=C(Cn1c2ccccc2c2cccnc21)NCC1CCC(CNC(=O)c2ccc3c(c2)CN(C2CCC(=O)NC2=O)C3=O)CC1. The summed E-state index contributed by atoms with van der Waals surface area (Å²) in [5, 5.41) is 10.6. The van der Waals surface area contributed by atoms with E-state index in [0.717, 1.165) is 47.6 Å². The first kappa shape index (κ1) is 29.6. The van der Waals surface area contributed by atoms with Crippen molar-refractivity contribution < 1.29 is 24.0 Å². The summed E-state index contributed by atoms with van der Waals surface area (Å²) in [6.45, 7) is 1.65. The van der Waals surface area contributed by atoms with Crippen molar-refractivity contribution in [3.8, 4) is 0 Å². The third-order valence-electron chi connectivity index (χ3n) is 9.72. The van der Waals surface area contributed by atoms with Gasteiger partial charge in [0.2, 0.25) is 17.7 Å². The molecule has 1 atom stereocenters. The van der Waals surface area contributed by atoms with Crippen LogP contribution in [0.25, 0.3) is 21.9 Å². The Morgan fingerprint density at radius 2 is 1.61 bits per heavy atom. The zero-order chi connectivity index (χ0) is 31.8. The van der Waals surface area contributed by atoms with Crippen LogP contribution < -0.4 is 16.0 Å². The number of nitrogens with zero attached hydrogens (tertiary/aromatic N) is 3. The molecule has 2 aromatic heterocycles. The number of pyridine rings is 1. The van der Waals surface area contributed by atoms with Gasteiger partial charge in [0, 0.05) is 54.2 Å². The predicted octanol–water partition coefficient (Wildman–Crippen LogP) is 3.30. The second-order valence-electron chi connectivity index (χ2n) is 12.7. The molecule has 2 aromatic carbocycles. The fraction of sp³-hybridized carbons (Fsp3) is 0.371. The maximum atomic E-state index is 13.0. The molecule has 0 bridgehead atoms. The molecule has 1 saturated carbocycles. The van der Waals surface area contributed by atoms with E-state index in [2.05, 4.69) is 27.0 Å². The molecule has 4 heterocycles. The topological polar surface area (TPSA) is 142 Å². The average molecular weight is 621 g/mol. The van der Waals surface area contributed by atoms with Crippen LogP contribution in [0.5, 0.6) is 0 Å². The smallest absolute Gasteiger partial charge is 0.255 e. The molecule has 4 aromatic rings. The molecule has 1 aliphatic carbocycles. The van der Waals surface area contributed by atoms with Crippen LogP contribution in [0.15, 0.2) is 60.8 Å². The van der Waals surface area contributed by atoms with E-state index in [1.165, 1.54) is 4.90 Å². The van der Waals surface area contributed by atoms with Gasteiger partial charge >= 0.3 is 0 Å². The molecule has 46 heavy (non-hydrogen) atoms. The van der Waals surface area contributed by atoms with E-state index in [4.69, 9.17) is 0 Å². The molecule has 1 unspecified atom stereocenters. The highest BCUT2D eigenvalue weighted by molar-refractivity contribution is 6.07. The van der Waals surface area contributed by atoms with Crippen molar-refractivity contribution in [1.82, 2.24) is 30.4 Å². The van der Waals surface area contributed by atoms with Crippen molar-refractivity contribution in [3.05, 3.63) is 77.5 Å². The number of piperidine rings is 1. The van der Waals surface area contributed by atoms with Gasteiger partial charge in [-0.15, -0.1) is 0 Å². The Morgan fingerprint density at radius 3 is 2.39 bits per heavy atom. The van der Waals surface area contributed by atoms with Crippen LogP contribution in [0.3, 0.4) is 0 Å². The molecule has 3 aliphatic rings. The van der Waals surface area contributed by atoms with Crippen molar-refractivity contribution in [2.75, 3.05) is 13.1 Å². The van der Waals surface area contributed by atoms with Crippen LogP contribution in [-0.4, -0.2) is 63.1 Å². The van der Waals surface area contributed by atoms with Crippen LogP contribution in [0.4, 0.5) is 0 Å². The van der Waals surface area contributed by atoms with Crippen LogP contribution in [0, 0.1) is 11.8 Å². The first-order valence-electron chi connectivity index (χ1n) is 16.0. The minimum Gasteiger partial charge on any atom is -0.354 e. The third kappa shape index (κ3) is 5.73. The van der Waals surface area contributed by atoms with E-state index in [9.17, 15) is 24.0 Å². The number of carbonyl (C=O) groups is 5. The van der Waals surface area contributed by atoms with Crippen molar-refractivity contribution in [2.45, 2.75) is 57.7 Å². The first-order valence-corrected chi connectivity index (χ1v) is 16.0. The summed E-state index contributed by atoms with van der Waals surface area (Å²) in [4.78, 5) is 68.8. The summed E-state index contributed by atoms with van der Waals surface area (Å²) >= 11 is 0. The lowest BCUT2D eigenvalue weighted by molar-refractivity contribution is -0.137. The Balaban J connectivity index is 0.871. The summed E-state index contributed by atoms with van der Waals surface area (Å²) in [5.74, 6) is -0.499. The van der Waals surface area contributed by atoms with E-state index < -0.39 is 11.9 Å². The molecule has 0 radical (unpaired) electrons. The number of hydrogen-bond donors (Lipinski definition) is 3. The molecule has 2 fully saturated rings. The Kier molecular flexibility index (Phi) is 7.98. The molecule has 2 aliphatic heterocycles. The lowest BCUT2D eigenvalue weighted by Crippen LogP contribution is -2.52. The van der Waals surface area contributed by atoms with E-state index in [1.807, 2.05) is 34.9 Å². The monoisotopic (exact) mass is 620 g/mol. The number of hydrogen-bond acceptors (Lipinski definition) is 6. The molecule has 11 heteroatoms. The van der Waals surface area contributed by atoms with Gasteiger partial charge in [0.25, 0.3) is 11.8 Å². The lowest BCUT2D eigenvalue weighted by Gasteiger charge is -2.29. The number of nitrogens with one attached hydrogen (secondary N) is 3. The number of para-hydroxylation sites is 1. The summed E-state index contributed by atoms with van der Waals surface area (Å²) in [6, 6.07) is 16.3. The largest absolute Gasteiger partial charge is 0.354 e. The van der Waals surface area contributed by atoms with Gasteiger partial charge in [-0.25, -0.2) is 4.98 Å². The second-order valence-corrected chi connectivity index (χ2v) is 12.7. The molecule has 3 N–H and O–H groups in total. The van der Waals surface area contributed by atoms with Crippen LogP contribution in [0.2, 0.25) is 0 Å². The van der Waals surface area contributed by atoms with E-state index in [-0.39, 0.29) is 43.1 Å². The highest BCUT2D eigenvalue weighted by Crippen LogP contribution is 2.30. The summed E-state index contributed by atoms with van der Waals surface area (Å²) in [7, 11) is 0. The summed E-state index contributed by atoms with van der Waals surface area (Å²) < 4.78 is 1.98. The highest BCUT2D eigenvalue weighted by Gasteiger charge is 2.39. The molecular weight excluding hydrogens is 584 g/mol. The molecule has 11 nitrogen and oxygen atoms in total. The number of imide groups is 1. The van der Waals surface area contributed by atoms with Crippen molar-refractivity contribution in [1.29, 1.82) is 0 Å². The number of rotatable bonds is 8. The predicted molar refractivity (Wildman–Crippen MR) is 171 cm³/mol. The van der Waals surface area contributed by atoms with E-state index >= 15 is 0 Å². The Bertz CT molecular complexity index is 1820. The highest BCUT2D eigenvalue weighted by atomic mass is 16.2. The molecule has 0 spiro atoms. The Labute approximate surface area is 265 Å². The third-order valence-corrected chi connectivity index (χ3v) is 9.72. The van der Waals surface area contributed by atoms with Crippen LogP contribution >= 0.6 is 0 Å². The van der Waals surface area contributed by atoms with Gasteiger partial charge in [-0.2, -0.15) is 0 Å². The zero-order valence-electron chi connectivity index (χ0n) is 25.5. The maximum Gasteiger partial charge on any atom is 0.255 e. The number of benzene rings is 2. The van der Waals surface area contributed by atoms with E-state index in [1.54, 1.807) is 24.4 Å². The van der Waals surface area contributed by atoms with Gasteiger partial charge in [-0.1, -0.05) is 18.2 Å². The van der Waals surface area contributed by atoms with Crippen molar-refractivity contribution in [2.24, 2.45) is 11.8 Å². The number of amides is 5. The average Bonchev–Trinajstić information content (AvgIpc) is 3.57. The zero-order valence-corrected chi connectivity index (χ0v) is 25.5. The van der Waals surface area contributed by atoms with Gasteiger partial charge in [0.05, 0.1) is 5.52 Å². The van der Waals surface area contributed by atoms with Crippen LogP contribution in [0.1, 0.15) is 64.8 Å². The Morgan fingerprint density at radius 1 is 0.870 bits per heavy atom. The molecule has 1 saturated heterocycles. The minimum atomic E-state index is -0.685. The van der Waals surface area contributed by atoms with Crippen LogP contribution in [-0.2, 0) is 27.5 Å². The lowest BCUT2D eigenvalue weighted by atomic mass is 9.82. The molecule has 5 amide bonds. The molecular formula is C35H36N6O5.